The minimum atomic E-state index is -0.873. The predicted octanol–water partition coefficient (Wildman–Crippen LogP) is 0.0877. The van der Waals surface area contributed by atoms with E-state index in [2.05, 4.69) is 15.5 Å². The van der Waals surface area contributed by atoms with Crippen LogP contribution in [-0.2, 0) is 4.79 Å². The Bertz CT molecular complexity index is 773. The molecule has 0 bridgehead atoms. The van der Waals surface area contributed by atoms with Gasteiger partial charge in [0.15, 0.2) is 11.5 Å². The summed E-state index contributed by atoms with van der Waals surface area (Å²) in [6.07, 6.45) is 0.955. The number of hydrogen-bond donors (Lipinski definition) is 2. The van der Waals surface area contributed by atoms with Crippen LogP contribution < -0.4 is 10.2 Å². The molecule has 10 heteroatoms. The van der Waals surface area contributed by atoms with Crippen LogP contribution in [0.3, 0.4) is 0 Å². The number of aromatic nitrogens is 2. The van der Waals surface area contributed by atoms with Gasteiger partial charge in [-0.2, -0.15) is 0 Å². The Morgan fingerprint density at radius 1 is 1.24 bits per heavy atom. The zero-order valence-corrected chi connectivity index (χ0v) is 17.1. The van der Waals surface area contributed by atoms with Gasteiger partial charge in [-0.3, -0.25) is 14.5 Å². The van der Waals surface area contributed by atoms with Gasteiger partial charge in [-0.1, -0.05) is 13.8 Å². The van der Waals surface area contributed by atoms with Crippen LogP contribution in [0.25, 0.3) is 0 Å². The summed E-state index contributed by atoms with van der Waals surface area (Å²) in [6.45, 7) is 5.36. The van der Waals surface area contributed by atoms with Crippen molar-refractivity contribution in [1.82, 2.24) is 25.3 Å². The third-order valence-corrected chi connectivity index (χ3v) is 5.52. The molecule has 1 spiro atoms. The molecule has 2 aliphatic heterocycles. The van der Waals surface area contributed by atoms with Gasteiger partial charge in [-0.05, 0) is 30.9 Å². The zero-order chi connectivity index (χ0) is 21.2. The summed E-state index contributed by atoms with van der Waals surface area (Å²) >= 11 is 0. The summed E-state index contributed by atoms with van der Waals surface area (Å²) in [7, 11) is 1.53. The number of imide groups is 1. The number of aliphatic hydroxyl groups is 1. The smallest absolute Gasteiger partial charge is 0.327 e. The number of hydrogen-bond acceptors (Lipinski definition) is 7. The van der Waals surface area contributed by atoms with Crippen molar-refractivity contribution < 1.29 is 19.5 Å². The third kappa shape index (κ3) is 3.76. The molecule has 0 unspecified atom stereocenters. The molecule has 158 valence electrons. The molecule has 2 aliphatic rings. The quantitative estimate of drug-likeness (QED) is 0.645. The first-order valence-electron chi connectivity index (χ1n) is 9.89. The van der Waals surface area contributed by atoms with E-state index in [1.165, 1.54) is 11.9 Å². The summed E-state index contributed by atoms with van der Waals surface area (Å²) in [4.78, 5) is 42.5. The molecule has 3 rings (SSSR count). The van der Waals surface area contributed by atoms with Gasteiger partial charge in [0, 0.05) is 26.7 Å². The van der Waals surface area contributed by atoms with E-state index in [0.717, 1.165) is 0 Å². The Balaban J connectivity index is 1.77. The minimum absolute atomic E-state index is 0.0180. The summed E-state index contributed by atoms with van der Waals surface area (Å²) in [5.74, 6) is 0.327. The number of nitrogens with zero attached hydrogens (tertiary/aromatic N) is 5. The molecular weight excluding hydrogens is 376 g/mol. The number of carbonyl (C=O) groups excluding carboxylic acids is 3. The van der Waals surface area contributed by atoms with Crippen molar-refractivity contribution in [3.05, 3.63) is 17.8 Å². The summed E-state index contributed by atoms with van der Waals surface area (Å²) < 4.78 is 0. The van der Waals surface area contributed by atoms with Crippen LogP contribution in [0, 0.1) is 5.92 Å². The SMILES string of the molecule is CNC(=O)c1ccc(N2CCC3(CC2)C(=O)N(CCO)C(=O)N3CC(C)C)nn1. The summed E-state index contributed by atoms with van der Waals surface area (Å²) in [5.41, 5.74) is -0.633. The Morgan fingerprint density at radius 3 is 2.45 bits per heavy atom. The number of piperidine rings is 1. The molecule has 0 saturated carbocycles. The van der Waals surface area contributed by atoms with Crippen molar-refractivity contribution in [3.8, 4) is 0 Å². The van der Waals surface area contributed by atoms with E-state index in [1.807, 2.05) is 18.7 Å². The molecule has 0 aromatic carbocycles. The molecule has 1 aromatic rings. The Hall–Kier alpha value is -2.75. The Morgan fingerprint density at radius 2 is 1.93 bits per heavy atom. The maximum atomic E-state index is 13.1. The standard InChI is InChI=1S/C19H28N6O4/c1-13(2)12-25-18(29)24(10-11-26)17(28)19(25)6-8-23(9-7-19)15-5-4-14(21-22-15)16(27)20-3/h4-5,13,26H,6-12H2,1-3H3,(H,20,27). The van der Waals surface area contributed by atoms with Gasteiger partial charge in [0.05, 0.1) is 13.2 Å². The van der Waals surface area contributed by atoms with Crippen LogP contribution in [0.5, 0.6) is 0 Å². The molecule has 0 aliphatic carbocycles. The lowest BCUT2D eigenvalue weighted by Gasteiger charge is -2.43. The van der Waals surface area contributed by atoms with E-state index >= 15 is 0 Å². The van der Waals surface area contributed by atoms with Crippen LogP contribution >= 0.6 is 0 Å². The van der Waals surface area contributed by atoms with Gasteiger partial charge in [-0.15, -0.1) is 10.2 Å². The van der Waals surface area contributed by atoms with Gasteiger partial charge in [0.2, 0.25) is 0 Å². The average molecular weight is 404 g/mol. The van der Waals surface area contributed by atoms with Gasteiger partial charge in [0.25, 0.3) is 11.8 Å². The Kier molecular flexibility index (Phi) is 6.02. The number of nitrogens with one attached hydrogen (secondary N) is 1. The average Bonchev–Trinajstić information content (AvgIpc) is 2.90. The van der Waals surface area contributed by atoms with Crippen molar-refractivity contribution in [2.24, 2.45) is 5.92 Å². The van der Waals surface area contributed by atoms with Crippen LogP contribution in [0.1, 0.15) is 37.2 Å². The Labute approximate surface area is 169 Å². The molecule has 1 aromatic heterocycles. The molecule has 0 radical (unpaired) electrons. The van der Waals surface area contributed by atoms with Crippen molar-refractivity contribution in [1.29, 1.82) is 0 Å². The van der Waals surface area contributed by atoms with E-state index in [1.54, 1.807) is 17.0 Å². The number of carbonyl (C=O) groups is 3. The monoisotopic (exact) mass is 404 g/mol. The molecule has 0 atom stereocenters. The fourth-order valence-electron chi connectivity index (χ4n) is 4.03. The molecule has 2 fully saturated rings. The van der Waals surface area contributed by atoms with Crippen LogP contribution in [0.15, 0.2) is 12.1 Å². The first-order chi connectivity index (χ1) is 13.8. The van der Waals surface area contributed by atoms with E-state index in [-0.39, 0.29) is 42.6 Å². The van der Waals surface area contributed by atoms with Gasteiger partial charge in [-0.25, -0.2) is 4.79 Å². The number of anilines is 1. The minimum Gasteiger partial charge on any atom is -0.395 e. The highest BCUT2D eigenvalue weighted by atomic mass is 16.3. The lowest BCUT2D eigenvalue weighted by Crippen LogP contribution is -2.57. The van der Waals surface area contributed by atoms with Gasteiger partial charge >= 0.3 is 6.03 Å². The second-order valence-corrected chi connectivity index (χ2v) is 7.84. The van der Waals surface area contributed by atoms with Crippen molar-refractivity contribution in [2.75, 3.05) is 44.7 Å². The first-order valence-corrected chi connectivity index (χ1v) is 9.89. The highest BCUT2D eigenvalue weighted by molar-refractivity contribution is 6.07. The van der Waals surface area contributed by atoms with Gasteiger partial charge < -0.3 is 20.2 Å². The molecular formula is C19H28N6O4. The lowest BCUT2D eigenvalue weighted by atomic mass is 9.85. The van der Waals surface area contributed by atoms with E-state index in [9.17, 15) is 19.5 Å². The second kappa shape index (κ2) is 8.32. The van der Waals surface area contributed by atoms with Crippen LogP contribution in [0.4, 0.5) is 10.6 Å². The molecule has 2 N–H and O–H groups in total. The predicted molar refractivity (Wildman–Crippen MR) is 105 cm³/mol. The number of aliphatic hydroxyl groups excluding tert-OH is 1. The number of amides is 4. The maximum absolute atomic E-state index is 13.1. The van der Waals surface area contributed by atoms with Crippen molar-refractivity contribution in [3.63, 3.8) is 0 Å². The molecule has 2 saturated heterocycles. The van der Waals surface area contributed by atoms with Crippen LogP contribution in [-0.4, -0.2) is 88.3 Å². The van der Waals surface area contributed by atoms with Crippen LogP contribution in [0.2, 0.25) is 0 Å². The highest BCUT2D eigenvalue weighted by Gasteiger charge is 2.57. The number of urea groups is 1. The maximum Gasteiger partial charge on any atom is 0.327 e. The van der Waals surface area contributed by atoms with E-state index in [4.69, 9.17) is 0 Å². The molecule has 3 heterocycles. The number of rotatable bonds is 6. The topological polar surface area (TPSA) is 119 Å². The second-order valence-electron chi connectivity index (χ2n) is 7.84. The number of β-amino-alcohol motifs (C(OH)–C–C–N with tert-alkyl or cyclic N) is 1. The first kappa shape index (κ1) is 21.0. The van der Waals surface area contributed by atoms with Crippen molar-refractivity contribution in [2.45, 2.75) is 32.2 Å². The third-order valence-electron chi connectivity index (χ3n) is 5.52. The largest absolute Gasteiger partial charge is 0.395 e. The lowest BCUT2D eigenvalue weighted by molar-refractivity contribution is -0.134. The summed E-state index contributed by atoms with van der Waals surface area (Å²) in [5, 5.41) is 19.9. The molecule has 29 heavy (non-hydrogen) atoms. The fourth-order valence-corrected chi connectivity index (χ4v) is 4.03. The van der Waals surface area contributed by atoms with Gasteiger partial charge in [0.1, 0.15) is 5.54 Å². The highest BCUT2D eigenvalue weighted by Crippen LogP contribution is 2.38. The normalized spacial score (nSPS) is 18.9. The molecule has 10 nitrogen and oxygen atoms in total. The summed E-state index contributed by atoms with van der Waals surface area (Å²) in [6, 6.07) is 3.03. The van der Waals surface area contributed by atoms with Crippen molar-refractivity contribution >= 4 is 23.7 Å². The molecule has 4 amide bonds. The van der Waals surface area contributed by atoms with E-state index < -0.39 is 5.54 Å². The van der Waals surface area contributed by atoms with E-state index in [0.29, 0.717) is 38.3 Å². The zero-order valence-electron chi connectivity index (χ0n) is 17.1. The fraction of sp³-hybridized carbons (Fsp3) is 0.632.